The average Bonchev–Trinajstić information content (AvgIpc) is 3.39. The topological polar surface area (TPSA) is 79.8 Å². The molecule has 0 saturated carbocycles. The predicted molar refractivity (Wildman–Crippen MR) is 270 cm³/mol. The normalized spacial score (nSPS) is 11.3. The SMILES string of the molecule is N#Cc1cc2nc3c4cccc5c(-c6ccc(N(c7ccccc7)c7ccccc7)cc6)c(-c6ccc(N(c7ccccc7)c7ccccc7)cc6)c6cccc(c3nc2cc1C#N)c6c54. The average molecular weight is 841 g/mol. The number of benzene rings is 11. The highest BCUT2D eigenvalue weighted by atomic mass is 15.1. The van der Waals surface area contributed by atoms with E-state index in [1.54, 1.807) is 12.1 Å². The van der Waals surface area contributed by atoms with Gasteiger partial charge in [0.1, 0.15) is 12.1 Å². The minimum atomic E-state index is 0.283. The summed E-state index contributed by atoms with van der Waals surface area (Å²) in [6, 6.07) is 80.4. The number of fused-ring (bicyclic) bond motifs is 4. The van der Waals surface area contributed by atoms with E-state index in [4.69, 9.17) is 9.97 Å². The quantitative estimate of drug-likeness (QED) is 0.112. The molecule has 0 N–H and O–H groups in total. The third kappa shape index (κ3) is 6.25. The summed E-state index contributed by atoms with van der Waals surface area (Å²) >= 11 is 0. The highest BCUT2D eigenvalue weighted by Gasteiger charge is 2.25. The Labute approximate surface area is 381 Å². The molecule has 66 heavy (non-hydrogen) atoms. The van der Waals surface area contributed by atoms with Crippen LogP contribution in [0.2, 0.25) is 0 Å². The van der Waals surface area contributed by atoms with Gasteiger partial charge in [0.05, 0.1) is 33.2 Å². The second-order valence-electron chi connectivity index (χ2n) is 16.3. The first kappa shape index (κ1) is 38.3. The van der Waals surface area contributed by atoms with Gasteiger partial charge < -0.3 is 9.80 Å². The van der Waals surface area contributed by atoms with Crippen LogP contribution in [0.25, 0.3) is 76.6 Å². The van der Waals surface area contributed by atoms with Gasteiger partial charge in [-0.2, -0.15) is 10.5 Å². The molecule has 1 aromatic heterocycles. The molecular weight excluding hydrogens is 805 g/mol. The first-order valence-corrected chi connectivity index (χ1v) is 21.9. The van der Waals surface area contributed by atoms with Crippen molar-refractivity contribution in [2.75, 3.05) is 9.80 Å². The number of aromatic nitrogens is 2. The largest absolute Gasteiger partial charge is 0.311 e. The summed E-state index contributed by atoms with van der Waals surface area (Å²) in [6.07, 6.45) is 0. The molecule has 0 amide bonds. The van der Waals surface area contributed by atoms with Gasteiger partial charge in [-0.25, -0.2) is 9.97 Å². The van der Waals surface area contributed by atoms with Gasteiger partial charge >= 0.3 is 0 Å². The van der Waals surface area contributed by atoms with Gasteiger partial charge in [0, 0.05) is 55.7 Å². The summed E-state index contributed by atoms with van der Waals surface area (Å²) in [6.45, 7) is 0. The molecule has 0 radical (unpaired) electrons. The number of anilines is 6. The number of rotatable bonds is 8. The van der Waals surface area contributed by atoms with Gasteiger partial charge in [0.25, 0.3) is 0 Å². The van der Waals surface area contributed by atoms with Crippen LogP contribution in [0.15, 0.2) is 218 Å². The lowest BCUT2D eigenvalue weighted by molar-refractivity contribution is 1.28. The molecule has 1 heterocycles. The van der Waals surface area contributed by atoms with Gasteiger partial charge in [-0.3, -0.25) is 0 Å². The van der Waals surface area contributed by atoms with Crippen molar-refractivity contribution in [1.29, 1.82) is 10.5 Å². The fourth-order valence-electron chi connectivity index (χ4n) is 9.74. The molecule has 6 heteroatoms. The lowest BCUT2D eigenvalue weighted by Gasteiger charge is -2.27. The minimum absolute atomic E-state index is 0.283. The van der Waals surface area contributed by atoms with Crippen molar-refractivity contribution in [3.05, 3.63) is 230 Å². The van der Waals surface area contributed by atoms with Gasteiger partial charge in [0.2, 0.25) is 0 Å². The van der Waals surface area contributed by atoms with Gasteiger partial charge in [0.15, 0.2) is 0 Å². The smallest absolute Gasteiger partial charge is 0.101 e. The van der Waals surface area contributed by atoms with E-state index < -0.39 is 0 Å². The summed E-state index contributed by atoms with van der Waals surface area (Å²) in [5.74, 6) is 0. The first-order chi connectivity index (χ1) is 32.7. The molecule has 0 unspecified atom stereocenters. The Morgan fingerprint density at radius 1 is 0.318 bits per heavy atom. The number of nitrogens with zero attached hydrogens (tertiary/aromatic N) is 6. The van der Waals surface area contributed by atoms with E-state index in [1.807, 2.05) is 24.3 Å². The summed E-state index contributed by atoms with van der Waals surface area (Å²) in [7, 11) is 0. The second-order valence-corrected chi connectivity index (χ2v) is 16.3. The van der Waals surface area contributed by atoms with Gasteiger partial charge in [-0.05, 0) is 118 Å². The molecule has 0 bridgehead atoms. The molecule has 11 aromatic carbocycles. The van der Waals surface area contributed by atoms with E-state index in [2.05, 4.69) is 204 Å². The van der Waals surface area contributed by atoms with Crippen LogP contribution in [0.5, 0.6) is 0 Å². The number of hydrogen-bond donors (Lipinski definition) is 0. The number of hydrogen-bond acceptors (Lipinski definition) is 6. The zero-order valence-corrected chi connectivity index (χ0v) is 35.5. The Bertz CT molecular complexity index is 3530. The van der Waals surface area contributed by atoms with Gasteiger partial charge in [-0.15, -0.1) is 0 Å². The highest BCUT2D eigenvalue weighted by Crippen LogP contribution is 2.50. The zero-order chi connectivity index (χ0) is 44.1. The summed E-state index contributed by atoms with van der Waals surface area (Å²) < 4.78 is 0. The van der Waals surface area contributed by atoms with Crippen LogP contribution in [0.4, 0.5) is 34.1 Å². The molecule has 0 aliphatic carbocycles. The minimum Gasteiger partial charge on any atom is -0.311 e. The second kappa shape index (κ2) is 15.8. The molecule has 0 atom stereocenters. The van der Waals surface area contributed by atoms with Crippen LogP contribution in [-0.4, -0.2) is 9.97 Å². The third-order valence-corrected chi connectivity index (χ3v) is 12.6. The molecule has 12 rings (SSSR count). The summed E-state index contributed by atoms with van der Waals surface area (Å²) in [5, 5.41) is 26.2. The number of para-hydroxylation sites is 4. The molecule has 306 valence electrons. The summed E-state index contributed by atoms with van der Waals surface area (Å²) in [4.78, 5) is 15.0. The molecule has 6 nitrogen and oxygen atoms in total. The van der Waals surface area contributed by atoms with Crippen LogP contribution in [0, 0.1) is 22.7 Å². The maximum atomic E-state index is 9.92. The van der Waals surface area contributed by atoms with E-state index in [1.165, 1.54) is 0 Å². The Morgan fingerprint density at radius 2 is 0.621 bits per heavy atom. The van der Waals surface area contributed by atoms with Crippen LogP contribution >= 0.6 is 0 Å². The predicted octanol–water partition coefficient (Wildman–Crippen LogP) is 15.7. The van der Waals surface area contributed by atoms with Crippen molar-refractivity contribution in [2.24, 2.45) is 0 Å². The zero-order valence-electron chi connectivity index (χ0n) is 35.5. The van der Waals surface area contributed by atoms with Crippen LogP contribution < -0.4 is 9.80 Å². The first-order valence-electron chi connectivity index (χ1n) is 21.9. The molecule has 0 aliphatic heterocycles. The van der Waals surface area contributed by atoms with E-state index in [0.29, 0.717) is 11.0 Å². The Balaban J connectivity index is 1.13. The standard InChI is InChI=1S/C60H36N6/c61-37-41-35-53-54(36-42(41)38-62)64-60-52-26-14-24-50-56(40-29-33-48(34-30-40)66(45-19-9-3-10-20-45)46-21-11-4-12-22-46)55(49-23-13-25-51(59(60)63-53)57(49)58(50)52)39-27-31-47(32-28-39)65(43-15-5-1-6-16-43)44-17-7-2-8-18-44/h1-36H. The Hall–Kier alpha value is -9.36. The lowest BCUT2D eigenvalue weighted by atomic mass is 9.82. The van der Waals surface area contributed by atoms with Crippen molar-refractivity contribution in [3.63, 3.8) is 0 Å². The molecule has 0 spiro atoms. The third-order valence-electron chi connectivity index (χ3n) is 12.6. The maximum absolute atomic E-state index is 9.92. The van der Waals surface area contributed by atoms with Crippen molar-refractivity contribution < 1.29 is 0 Å². The van der Waals surface area contributed by atoms with Crippen molar-refractivity contribution in [2.45, 2.75) is 0 Å². The Kier molecular flexibility index (Phi) is 9.16. The van der Waals surface area contributed by atoms with Crippen molar-refractivity contribution in [1.82, 2.24) is 9.97 Å². The Morgan fingerprint density at radius 3 is 0.939 bits per heavy atom. The van der Waals surface area contributed by atoms with Crippen molar-refractivity contribution >= 4 is 88.5 Å². The van der Waals surface area contributed by atoms with Crippen LogP contribution in [0.1, 0.15) is 11.1 Å². The van der Waals surface area contributed by atoms with E-state index in [-0.39, 0.29) is 11.1 Å². The van der Waals surface area contributed by atoms with E-state index in [0.717, 1.165) is 99.7 Å². The lowest BCUT2D eigenvalue weighted by Crippen LogP contribution is -2.09. The molecule has 0 saturated heterocycles. The van der Waals surface area contributed by atoms with Crippen LogP contribution in [-0.2, 0) is 0 Å². The van der Waals surface area contributed by atoms with Crippen LogP contribution in [0.3, 0.4) is 0 Å². The van der Waals surface area contributed by atoms with Gasteiger partial charge in [-0.1, -0.05) is 133 Å². The van der Waals surface area contributed by atoms with Crippen molar-refractivity contribution in [3.8, 4) is 34.4 Å². The maximum Gasteiger partial charge on any atom is 0.101 e. The fraction of sp³-hybridized carbons (Fsp3) is 0. The highest BCUT2D eigenvalue weighted by molar-refractivity contribution is 6.37. The fourth-order valence-corrected chi connectivity index (χ4v) is 9.74. The van der Waals surface area contributed by atoms with E-state index >= 15 is 0 Å². The molecule has 12 aromatic rings. The molecule has 0 aliphatic rings. The molecule has 0 fully saturated rings. The monoisotopic (exact) mass is 840 g/mol. The number of nitriles is 2. The molecular formula is C60H36N6. The summed E-state index contributed by atoms with van der Waals surface area (Å²) in [5.41, 5.74) is 14.0. The van der Waals surface area contributed by atoms with E-state index in [9.17, 15) is 10.5 Å².